The molecule has 2 saturated carbocycles. The number of carboxylic acid groups (broad SMARTS) is 1. The Balaban J connectivity index is 1.31. The Bertz CT molecular complexity index is 2570. The Labute approximate surface area is 386 Å². The topological polar surface area (TPSA) is 194 Å². The molecule has 0 unspecified atom stereocenters. The first-order chi connectivity index (χ1) is 31.4. The van der Waals surface area contributed by atoms with E-state index in [0.29, 0.717) is 54.7 Å². The van der Waals surface area contributed by atoms with Crippen LogP contribution >= 0.6 is 0 Å². The van der Waals surface area contributed by atoms with Crippen LogP contribution in [0.5, 0.6) is 17.4 Å². The molecule has 2 aliphatic carbocycles. The van der Waals surface area contributed by atoms with Gasteiger partial charge in [-0.3, -0.25) is 24.0 Å². The number of rotatable bonds is 11. The van der Waals surface area contributed by atoms with E-state index < -0.39 is 98.7 Å². The lowest BCUT2D eigenvalue weighted by molar-refractivity contribution is -0.184. The molecule has 0 spiro atoms. The van der Waals surface area contributed by atoms with Gasteiger partial charge in [0, 0.05) is 23.3 Å². The van der Waals surface area contributed by atoms with Gasteiger partial charge in [0.05, 0.1) is 30.2 Å². The number of methoxy groups -OCH3 is 1. The highest BCUT2D eigenvalue weighted by Crippen LogP contribution is 2.48. The van der Waals surface area contributed by atoms with Crippen molar-refractivity contribution in [2.24, 2.45) is 17.8 Å². The predicted octanol–water partition coefficient (Wildman–Crippen LogP) is 7.37. The normalized spacial score (nSPS) is 26.9. The first kappa shape index (κ1) is 49.3. The largest absolute Gasteiger partial charge is 0.497 e. The van der Waals surface area contributed by atoms with E-state index in [9.17, 15) is 41.1 Å². The number of pyridine rings is 1. The van der Waals surface area contributed by atoms with Gasteiger partial charge in [0.25, 0.3) is 5.91 Å². The molecule has 15 nitrogen and oxygen atoms in total. The molecule has 1 aromatic heterocycles. The Morgan fingerprint density at radius 3 is 2.40 bits per heavy atom. The van der Waals surface area contributed by atoms with Crippen molar-refractivity contribution in [3.05, 3.63) is 60.4 Å². The van der Waals surface area contributed by atoms with Crippen molar-refractivity contribution in [1.29, 1.82) is 0 Å². The number of carbonyl (C=O) groups is 4. The van der Waals surface area contributed by atoms with Crippen molar-refractivity contribution < 1.29 is 64.5 Å². The molecule has 2 aliphatic heterocycles. The molecule has 20 heteroatoms. The molecular formula is C47H57F4N5O10S. The number of ether oxygens (including phenoxy) is 3. The number of amides is 4. The molecule has 3 aromatic rings. The number of hydrogen-bond donors (Lipinski definition) is 3. The fourth-order valence-electron chi connectivity index (χ4n) is 9.19. The number of carbonyl (C=O) groups excluding carboxylic acids is 3. The molecule has 8 atom stereocenters. The third kappa shape index (κ3) is 10.1. The molecule has 3 N–H and O–H groups in total. The second kappa shape index (κ2) is 18.4. The van der Waals surface area contributed by atoms with E-state index in [1.54, 1.807) is 56.3 Å². The number of halogens is 4. The van der Waals surface area contributed by atoms with E-state index >= 15 is 9.18 Å². The smallest absolute Gasteiger partial charge is 0.408 e. The molecule has 4 amide bonds. The van der Waals surface area contributed by atoms with Crippen LogP contribution in [0, 0.1) is 23.6 Å². The Hall–Kier alpha value is -5.66. The molecule has 3 heterocycles. The summed E-state index contributed by atoms with van der Waals surface area (Å²) in [7, 11) is -2.70. The summed E-state index contributed by atoms with van der Waals surface area (Å²) in [5, 5.41) is 14.1. The van der Waals surface area contributed by atoms with Gasteiger partial charge in [-0.2, -0.15) is 13.2 Å². The van der Waals surface area contributed by atoms with Crippen molar-refractivity contribution in [2.45, 2.75) is 133 Å². The van der Waals surface area contributed by atoms with E-state index in [1.165, 1.54) is 33.1 Å². The van der Waals surface area contributed by atoms with Crippen LogP contribution in [0.1, 0.15) is 86.5 Å². The minimum Gasteiger partial charge on any atom is -0.497 e. The Morgan fingerprint density at radius 1 is 1.06 bits per heavy atom. The summed E-state index contributed by atoms with van der Waals surface area (Å²) < 4.78 is 104. The van der Waals surface area contributed by atoms with Gasteiger partial charge in [0.2, 0.25) is 27.7 Å². The molecule has 364 valence electrons. The third-order valence-electron chi connectivity index (χ3n) is 13.5. The van der Waals surface area contributed by atoms with Gasteiger partial charge in [-0.1, -0.05) is 26.0 Å². The van der Waals surface area contributed by atoms with Crippen LogP contribution in [-0.4, -0.2) is 113 Å². The van der Waals surface area contributed by atoms with Crippen LogP contribution in [0.4, 0.5) is 22.4 Å². The quantitative estimate of drug-likeness (QED) is 0.128. The highest BCUT2D eigenvalue weighted by Gasteiger charge is 2.63. The van der Waals surface area contributed by atoms with Gasteiger partial charge in [-0.05, 0) is 126 Å². The highest BCUT2D eigenvalue weighted by atomic mass is 32.2. The minimum atomic E-state index is -5.08. The summed E-state index contributed by atoms with van der Waals surface area (Å²) in [6.45, 7) is 8.55. The molecule has 0 bridgehead atoms. The minimum absolute atomic E-state index is 0.0103. The molecule has 7 rings (SSSR count). The lowest BCUT2D eigenvalue weighted by atomic mass is 9.86. The van der Waals surface area contributed by atoms with Crippen LogP contribution in [0.2, 0.25) is 0 Å². The molecular weight excluding hydrogens is 903 g/mol. The van der Waals surface area contributed by atoms with Gasteiger partial charge in [-0.15, -0.1) is 0 Å². The number of fused-ring (bicyclic) bond motifs is 3. The molecule has 67 heavy (non-hydrogen) atoms. The fraction of sp³-hybridized carbons (Fsp3) is 0.553. The first-order valence-electron chi connectivity index (χ1n) is 22.4. The van der Waals surface area contributed by atoms with Crippen LogP contribution in [0.15, 0.2) is 54.6 Å². The number of nitrogens with zero attached hydrogens (tertiary/aromatic N) is 3. The number of hydrogen-bond acceptors (Lipinski definition) is 10. The van der Waals surface area contributed by atoms with E-state index in [0.717, 1.165) is 4.90 Å². The molecule has 2 aromatic carbocycles. The highest BCUT2D eigenvalue weighted by molar-refractivity contribution is 7.91. The second-order valence-corrected chi connectivity index (χ2v) is 21.2. The van der Waals surface area contributed by atoms with E-state index in [2.05, 4.69) is 10.0 Å². The summed E-state index contributed by atoms with van der Waals surface area (Å²) in [5.41, 5.74) is -1.18. The van der Waals surface area contributed by atoms with Gasteiger partial charge < -0.3 is 29.5 Å². The number of benzene rings is 2. The maximum atomic E-state index is 15.3. The zero-order chi connectivity index (χ0) is 49.0. The van der Waals surface area contributed by atoms with Crippen LogP contribution in [0.3, 0.4) is 0 Å². The Kier molecular flexibility index (Phi) is 13.6. The van der Waals surface area contributed by atoms with E-state index in [4.69, 9.17) is 19.2 Å². The maximum absolute atomic E-state index is 15.3. The van der Waals surface area contributed by atoms with Gasteiger partial charge in [-0.25, -0.2) is 22.6 Å². The summed E-state index contributed by atoms with van der Waals surface area (Å²) in [6, 6.07) is 4.86. The average molecular weight is 960 g/mol. The van der Waals surface area contributed by atoms with Crippen LogP contribution < -0.4 is 24.2 Å². The molecule has 1 saturated heterocycles. The zero-order valence-electron chi connectivity index (χ0n) is 38.4. The Morgan fingerprint density at radius 2 is 1.78 bits per heavy atom. The summed E-state index contributed by atoms with van der Waals surface area (Å²) in [5.74, 6) is -5.05. The molecule has 3 fully saturated rings. The maximum Gasteiger partial charge on any atom is 0.408 e. The number of allylic oxidation sites excluding steroid dienone is 1. The van der Waals surface area contributed by atoms with Crippen molar-refractivity contribution in [2.75, 3.05) is 13.7 Å². The van der Waals surface area contributed by atoms with Gasteiger partial charge >= 0.3 is 12.3 Å². The first-order valence-corrected chi connectivity index (χ1v) is 23.9. The SMILES string of the molecule is COc1ccc2c(O[C@@H]3C[C@H]4C(=O)N[C@]5(C(=O)NS(=O)(=O)C6(C)CC6)C[C@H]5C=CCC[C@H](C)C[C@@H](C)[C@H](N(C(=O)O)[C@H](C)C(F)(F)F)C(=O)N4C3)nc(-c3ccc(OC(C)C)c(F)c3)cc2c1. The monoisotopic (exact) mass is 959 g/mol. The molecule has 4 aliphatic rings. The van der Waals surface area contributed by atoms with Crippen molar-refractivity contribution in [3.63, 3.8) is 0 Å². The number of alkyl halides is 3. The average Bonchev–Trinajstić information content (AvgIpc) is 4.13. The number of nitrogens with one attached hydrogen (secondary N) is 2. The number of sulfonamides is 1. The lowest BCUT2D eigenvalue weighted by Gasteiger charge is -2.40. The van der Waals surface area contributed by atoms with Crippen molar-refractivity contribution >= 4 is 44.6 Å². The number of aromatic nitrogens is 1. The summed E-state index contributed by atoms with van der Waals surface area (Å²) in [6.07, 6.45) is -3.60. The fourth-order valence-corrected chi connectivity index (χ4v) is 10.5. The van der Waals surface area contributed by atoms with Crippen LogP contribution in [-0.2, 0) is 24.4 Å². The van der Waals surface area contributed by atoms with Crippen LogP contribution in [0.25, 0.3) is 22.0 Å². The van der Waals surface area contributed by atoms with E-state index in [1.807, 2.05) is 6.92 Å². The third-order valence-corrected chi connectivity index (χ3v) is 15.6. The lowest BCUT2D eigenvalue weighted by Crippen LogP contribution is -2.62. The molecule has 0 radical (unpaired) electrons. The standard InChI is InChI=1S/C47H57F4N5O10S/c1-25(2)65-38-15-12-29(20-35(38)48)36-21-30-19-32(64-7)13-14-34(30)41(52-36)66-33-22-37-40(57)53-46(43(59)54-67(62,63)45(6)16-17-45)23-31(46)11-9-8-10-26(3)18-27(4)39(42(58)55(37)24-33)56(44(60)61)28(5)47(49,50)51/h9,11-15,19-21,25-28,31,33,37,39H,8,10,16-18,22-24H2,1-7H3,(H,53,57)(H,54,59)(H,60,61)/t26-,27+,28+,31+,33+,37-,39-,46+/m0/s1. The predicted molar refractivity (Wildman–Crippen MR) is 238 cm³/mol. The van der Waals surface area contributed by atoms with Crippen molar-refractivity contribution in [3.8, 4) is 28.6 Å². The van der Waals surface area contributed by atoms with Gasteiger partial charge in [0.1, 0.15) is 35.5 Å². The van der Waals surface area contributed by atoms with E-state index in [-0.39, 0.29) is 53.5 Å². The summed E-state index contributed by atoms with van der Waals surface area (Å²) in [4.78, 5) is 62.7. The van der Waals surface area contributed by atoms with Gasteiger partial charge in [0.15, 0.2) is 11.6 Å². The second-order valence-electron chi connectivity index (χ2n) is 19.0. The van der Waals surface area contributed by atoms with Crippen molar-refractivity contribution in [1.82, 2.24) is 24.8 Å². The summed E-state index contributed by atoms with van der Waals surface area (Å²) >= 11 is 0. The zero-order valence-corrected chi connectivity index (χ0v) is 39.2.